The molecule has 1 fully saturated rings. The molecular formula is C19H20ClFN2O5S. The summed E-state index contributed by atoms with van der Waals surface area (Å²) >= 11 is 6.02. The minimum Gasteiger partial charge on any atom is -0.379 e. The van der Waals surface area contributed by atoms with Gasteiger partial charge in [0.15, 0.2) is 0 Å². The Morgan fingerprint density at radius 3 is 2.66 bits per heavy atom. The number of hydrogen-bond acceptors (Lipinski definition) is 5. The van der Waals surface area contributed by atoms with Gasteiger partial charge in [0.05, 0.1) is 19.8 Å². The van der Waals surface area contributed by atoms with Crippen LogP contribution in [-0.4, -0.2) is 51.5 Å². The maximum Gasteiger partial charge on any atom is 0.250 e. The summed E-state index contributed by atoms with van der Waals surface area (Å²) in [5.74, 6) is -1.39. The monoisotopic (exact) mass is 442 g/mol. The first-order valence-corrected chi connectivity index (χ1v) is 10.7. The fourth-order valence-electron chi connectivity index (χ4n) is 2.77. The highest BCUT2D eigenvalue weighted by atomic mass is 35.5. The van der Waals surface area contributed by atoms with Crippen LogP contribution in [0.1, 0.15) is 5.56 Å². The summed E-state index contributed by atoms with van der Waals surface area (Å²) in [6.07, 6.45) is 0. The fourth-order valence-corrected chi connectivity index (χ4v) is 4.46. The summed E-state index contributed by atoms with van der Waals surface area (Å²) < 4.78 is 51.2. The third-order valence-corrected chi connectivity index (χ3v) is 6.53. The first-order valence-electron chi connectivity index (χ1n) is 8.86. The maximum absolute atomic E-state index is 14.2. The Balaban J connectivity index is 1.63. The highest BCUT2D eigenvalue weighted by Crippen LogP contribution is 2.24. The van der Waals surface area contributed by atoms with Crippen LogP contribution in [0.2, 0.25) is 5.02 Å². The van der Waals surface area contributed by atoms with E-state index in [1.165, 1.54) is 6.07 Å². The standard InChI is InChI=1S/C19H20ClFN2O5S/c20-16-4-2-1-3-14(16)12-28-13-19(24)22-15-5-6-17(21)18(11-15)29(25,26)23-7-9-27-10-8-23/h1-6,11H,7-10,12-13H2,(H,22,24). The number of ether oxygens (including phenoxy) is 2. The number of sulfonamides is 1. The van der Waals surface area contributed by atoms with Gasteiger partial charge in [-0.3, -0.25) is 4.79 Å². The van der Waals surface area contributed by atoms with E-state index < -0.39 is 26.6 Å². The van der Waals surface area contributed by atoms with Gasteiger partial charge in [0, 0.05) is 23.8 Å². The van der Waals surface area contributed by atoms with E-state index in [-0.39, 0.29) is 45.2 Å². The van der Waals surface area contributed by atoms with Crippen LogP contribution in [-0.2, 0) is 30.9 Å². The number of nitrogens with one attached hydrogen (secondary N) is 1. The summed E-state index contributed by atoms with van der Waals surface area (Å²) in [7, 11) is -4.03. The number of nitrogens with zero attached hydrogens (tertiary/aromatic N) is 1. The Morgan fingerprint density at radius 1 is 1.21 bits per heavy atom. The van der Waals surface area contributed by atoms with Crippen molar-refractivity contribution in [2.24, 2.45) is 0 Å². The van der Waals surface area contributed by atoms with Crippen molar-refractivity contribution in [3.8, 4) is 0 Å². The zero-order valence-corrected chi connectivity index (χ0v) is 17.0. The first kappa shape index (κ1) is 21.7. The molecule has 10 heteroatoms. The van der Waals surface area contributed by atoms with Crippen molar-refractivity contribution in [2.45, 2.75) is 11.5 Å². The number of hydrogen-bond donors (Lipinski definition) is 1. The van der Waals surface area contributed by atoms with Crippen molar-refractivity contribution in [3.05, 3.63) is 58.9 Å². The molecular weight excluding hydrogens is 423 g/mol. The highest BCUT2D eigenvalue weighted by Gasteiger charge is 2.29. The van der Waals surface area contributed by atoms with Gasteiger partial charge in [0.1, 0.15) is 17.3 Å². The fraction of sp³-hybridized carbons (Fsp3) is 0.316. The molecule has 0 aliphatic carbocycles. The lowest BCUT2D eigenvalue weighted by atomic mass is 10.2. The molecule has 0 radical (unpaired) electrons. The molecule has 3 rings (SSSR count). The van der Waals surface area contributed by atoms with Crippen LogP contribution in [0.25, 0.3) is 0 Å². The molecule has 1 aliphatic rings. The van der Waals surface area contributed by atoms with Crippen LogP contribution in [0.4, 0.5) is 10.1 Å². The van der Waals surface area contributed by atoms with E-state index in [4.69, 9.17) is 21.1 Å². The molecule has 1 heterocycles. The number of halogens is 2. The Morgan fingerprint density at radius 2 is 1.93 bits per heavy atom. The molecule has 0 bridgehead atoms. The zero-order chi connectivity index (χ0) is 20.9. The number of rotatable bonds is 7. The van der Waals surface area contributed by atoms with Crippen LogP contribution in [0, 0.1) is 5.82 Å². The molecule has 0 atom stereocenters. The van der Waals surface area contributed by atoms with Crippen molar-refractivity contribution in [1.82, 2.24) is 4.31 Å². The summed E-state index contributed by atoms with van der Waals surface area (Å²) in [5, 5.41) is 3.05. The topological polar surface area (TPSA) is 84.9 Å². The molecule has 29 heavy (non-hydrogen) atoms. The smallest absolute Gasteiger partial charge is 0.250 e. The summed E-state index contributed by atoms with van der Waals surface area (Å²) in [5.41, 5.74) is 0.896. The second kappa shape index (κ2) is 9.64. The average Bonchev–Trinajstić information content (AvgIpc) is 2.71. The predicted octanol–water partition coefficient (Wildman–Crippen LogP) is 2.66. The Labute approximate surface area is 173 Å². The molecule has 1 saturated heterocycles. The predicted molar refractivity (Wildman–Crippen MR) is 106 cm³/mol. The van der Waals surface area contributed by atoms with Gasteiger partial charge < -0.3 is 14.8 Å². The van der Waals surface area contributed by atoms with Crippen molar-refractivity contribution >= 4 is 33.2 Å². The lowest BCUT2D eigenvalue weighted by Gasteiger charge is -2.26. The minimum absolute atomic E-state index is 0.146. The molecule has 1 amide bonds. The van der Waals surface area contributed by atoms with Gasteiger partial charge in [0.2, 0.25) is 15.9 Å². The molecule has 0 aromatic heterocycles. The molecule has 1 N–H and O–H groups in total. The normalized spacial score (nSPS) is 15.2. The van der Waals surface area contributed by atoms with E-state index in [0.717, 1.165) is 22.0 Å². The average molecular weight is 443 g/mol. The van der Waals surface area contributed by atoms with Gasteiger partial charge in [-0.1, -0.05) is 29.8 Å². The van der Waals surface area contributed by atoms with Gasteiger partial charge in [-0.2, -0.15) is 4.31 Å². The van der Waals surface area contributed by atoms with E-state index in [1.807, 2.05) is 0 Å². The molecule has 0 spiro atoms. The third-order valence-electron chi connectivity index (χ3n) is 4.25. The molecule has 2 aromatic carbocycles. The summed E-state index contributed by atoms with van der Waals surface area (Å²) in [6.45, 7) is 0.671. The van der Waals surface area contributed by atoms with Gasteiger partial charge in [0.25, 0.3) is 0 Å². The number of carbonyl (C=O) groups is 1. The van der Waals surface area contributed by atoms with Crippen LogP contribution in [0.15, 0.2) is 47.4 Å². The number of amides is 1. The van der Waals surface area contributed by atoms with Gasteiger partial charge >= 0.3 is 0 Å². The van der Waals surface area contributed by atoms with Crippen molar-refractivity contribution in [3.63, 3.8) is 0 Å². The van der Waals surface area contributed by atoms with E-state index in [9.17, 15) is 17.6 Å². The Bertz CT molecular complexity index is 980. The number of benzene rings is 2. The van der Waals surface area contributed by atoms with Crippen molar-refractivity contribution in [1.29, 1.82) is 0 Å². The molecule has 0 unspecified atom stereocenters. The largest absolute Gasteiger partial charge is 0.379 e. The molecule has 156 valence electrons. The summed E-state index contributed by atoms with van der Waals surface area (Å²) in [6, 6.07) is 10.5. The highest BCUT2D eigenvalue weighted by molar-refractivity contribution is 7.89. The Hall–Kier alpha value is -2.04. The lowest BCUT2D eigenvalue weighted by molar-refractivity contribution is -0.121. The van der Waals surface area contributed by atoms with Crippen LogP contribution in [0.3, 0.4) is 0 Å². The summed E-state index contributed by atoms with van der Waals surface area (Å²) in [4.78, 5) is 11.6. The molecule has 1 aliphatic heterocycles. The SMILES string of the molecule is O=C(COCc1ccccc1Cl)Nc1ccc(F)c(S(=O)(=O)N2CCOCC2)c1. The maximum atomic E-state index is 14.2. The molecule has 7 nitrogen and oxygen atoms in total. The van der Waals surface area contributed by atoms with Crippen molar-refractivity contribution in [2.75, 3.05) is 38.2 Å². The van der Waals surface area contributed by atoms with E-state index in [2.05, 4.69) is 5.32 Å². The number of anilines is 1. The number of carbonyl (C=O) groups excluding carboxylic acids is 1. The van der Waals surface area contributed by atoms with Crippen LogP contribution < -0.4 is 5.32 Å². The number of morpholine rings is 1. The van der Waals surface area contributed by atoms with Gasteiger partial charge in [-0.05, 0) is 29.8 Å². The third kappa shape index (κ3) is 5.52. The van der Waals surface area contributed by atoms with Gasteiger partial charge in [-0.25, -0.2) is 12.8 Å². The second-order valence-electron chi connectivity index (χ2n) is 6.29. The van der Waals surface area contributed by atoms with E-state index in [0.29, 0.717) is 5.02 Å². The van der Waals surface area contributed by atoms with Crippen molar-refractivity contribution < 1.29 is 27.1 Å². The Kier molecular flexibility index (Phi) is 7.20. The van der Waals surface area contributed by atoms with Gasteiger partial charge in [-0.15, -0.1) is 0 Å². The zero-order valence-electron chi connectivity index (χ0n) is 15.4. The molecule has 2 aromatic rings. The quantitative estimate of drug-likeness (QED) is 0.712. The first-order chi connectivity index (χ1) is 13.9. The van der Waals surface area contributed by atoms with Crippen LogP contribution >= 0.6 is 11.6 Å². The lowest BCUT2D eigenvalue weighted by Crippen LogP contribution is -2.40. The second-order valence-corrected chi connectivity index (χ2v) is 8.61. The molecule has 0 saturated carbocycles. The van der Waals surface area contributed by atoms with Crippen LogP contribution in [0.5, 0.6) is 0 Å². The van der Waals surface area contributed by atoms with E-state index >= 15 is 0 Å². The van der Waals surface area contributed by atoms with E-state index in [1.54, 1.807) is 24.3 Å². The minimum atomic E-state index is -4.03.